The maximum Gasteiger partial charge on any atom is 0.262 e. The molecule has 1 aromatic rings. The Balaban J connectivity index is 1.70. The van der Waals surface area contributed by atoms with Crippen molar-refractivity contribution in [3.8, 4) is 0 Å². The highest BCUT2D eigenvalue weighted by Gasteiger charge is 2.43. The highest BCUT2D eigenvalue weighted by atomic mass is 19.3. The Hall–Kier alpha value is -1.49. The van der Waals surface area contributed by atoms with E-state index in [0.29, 0.717) is 13.1 Å². The minimum Gasteiger partial charge on any atom is -0.337 e. The van der Waals surface area contributed by atoms with E-state index in [1.807, 2.05) is 18.2 Å². The van der Waals surface area contributed by atoms with Gasteiger partial charge in [0.15, 0.2) is 0 Å². The normalized spacial score (nSPS) is 25.2. The van der Waals surface area contributed by atoms with Gasteiger partial charge in [-0.2, -0.15) is 0 Å². The molecule has 102 valence electrons. The molecule has 1 aromatic carbocycles. The second-order valence-electron chi connectivity index (χ2n) is 5.27. The lowest BCUT2D eigenvalue weighted by Crippen LogP contribution is -2.45. The maximum atomic E-state index is 13.1. The molecule has 2 heterocycles. The fourth-order valence-corrected chi connectivity index (χ4v) is 2.79. The molecule has 2 aliphatic rings. The first-order valence-corrected chi connectivity index (χ1v) is 6.52. The largest absolute Gasteiger partial charge is 0.337 e. The number of halogens is 2. The molecular formula is C14H16F2N2O. The van der Waals surface area contributed by atoms with E-state index in [2.05, 4.69) is 11.4 Å². The number of hydrogen-bond acceptors (Lipinski definition) is 2. The summed E-state index contributed by atoms with van der Waals surface area (Å²) in [7, 11) is 0. The van der Waals surface area contributed by atoms with Crippen molar-refractivity contribution in [1.29, 1.82) is 0 Å². The second kappa shape index (κ2) is 4.56. The minimum atomic E-state index is -2.76. The topological polar surface area (TPSA) is 32.3 Å². The van der Waals surface area contributed by atoms with Crippen LogP contribution >= 0.6 is 0 Å². The van der Waals surface area contributed by atoms with Crippen molar-refractivity contribution in [2.75, 3.05) is 13.1 Å². The number of rotatable bonds is 1. The van der Waals surface area contributed by atoms with Crippen molar-refractivity contribution in [3.63, 3.8) is 0 Å². The smallest absolute Gasteiger partial charge is 0.262 e. The number of alkyl halides is 2. The van der Waals surface area contributed by atoms with Crippen molar-refractivity contribution in [2.45, 2.75) is 31.4 Å². The molecule has 19 heavy (non-hydrogen) atoms. The van der Waals surface area contributed by atoms with Gasteiger partial charge >= 0.3 is 0 Å². The van der Waals surface area contributed by atoms with Crippen molar-refractivity contribution >= 4 is 5.91 Å². The Morgan fingerprint density at radius 3 is 2.74 bits per heavy atom. The molecule has 1 fully saturated rings. The standard InChI is InChI=1S/C14H16F2N2O/c15-14(16)7-12(17-9-14)13(19)18-6-5-10-3-1-2-4-11(10)8-18/h1-4,12,17H,5-9H2. The molecule has 5 heteroatoms. The van der Waals surface area contributed by atoms with Crippen molar-refractivity contribution in [1.82, 2.24) is 10.2 Å². The molecule has 0 radical (unpaired) electrons. The van der Waals surface area contributed by atoms with Crippen LogP contribution in [0.15, 0.2) is 24.3 Å². The summed E-state index contributed by atoms with van der Waals surface area (Å²) in [5.41, 5.74) is 2.36. The van der Waals surface area contributed by atoms with Crippen molar-refractivity contribution in [2.24, 2.45) is 0 Å². The van der Waals surface area contributed by atoms with Gasteiger partial charge in [-0.1, -0.05) is 24.3 Å². The van der Waals surface area contributed by atoms with Gasteiger partial charge in [0.2, 0.25) is 5.91 Å². The number of fused-ring (bicyclic) bond motifs is 1. The van der Waals surface area contributed by atoms with Crippen LogP contribution in [0.25, 0.3) is 0 Å². The first kappa shape index (κ1) is 12.5. The average molecular weight is 266 g/mol. The maximum absolute atomic E-state index is 13.1. The molecule has 3 rings (SSSR count). The zero-order valence-corrected chi connectivity index (χ0v) is 10.5. The van der Waals surface area contributed by atoms with Gasteiger partial charge in [0.05, 0.1) is 12.6 Å². The lowest BCUT2D eigenvalue weighted by Gasteiger charge is -2.30. The Morgan fingerprint density at radius 1 is 1.32 bits per heavy atom. The number of nitrogens with zero attached hydrogens (tertiary/aromatic N) is 1. The van der Waals surface area contributed by atoms with E-state index in [1.165, 1.54) is 5.56 Å². The first-order chi connectivity index (χ1) is 9.05. The highest BCUT2D eigenvalue weighted by Crippen LogP contribution is 2.27. The highest BCUT2D eigenvalue weighted by molar-refractivity contribution is 5.82. The second-order valence-corrected chi connectivity index (χ2v) is 5.27. The van der Waals surface area contributed by atoms with Crippen LogP contribution in [0, 0.1) is 0 Å². The minimum absolute atomic E-state index is 0.202. The monoisotopic (exact) mass is 266 g/mol. The Bertz CT molecular complexity index is 504. The van der Waals surface area contributed by atoms with E-state index in [9.17, 15) is 13.6 Å². The van der Waals surface area contributed by atoms with Crippen LogP contribution in [0.2, 0.25) is 0 Å². The molecule has 3 nitrogen and oxygen atoms in total. The summed E-state index contributed by atoms with van der Waals surface area (Å²) >= 11 is 0. The molecule has 0 bridgehead atoms. The molecule has 0 saturated carbocycles. The SMILES string of the molecule is O=C(C1CC(F)(F)CN1)N1CCc2ccccc2C1. The van der Waals surface area contributed by atoms with Gasteiger partial charge in [0, 0.05) is 19.5 Å². The summed E-state index contributed by atoms with van der Waals surface area (Å²) in [4.78, 5) is 13.9. The van der Waals surface area contributed by atoms with Gasteiger partial charge in [-0.15, -0.1) is 0 Å². The summed E-state index contributed by atoms with van der Waals surface area (Å²) in [6.45, 7) is 0.742. The van der Waals surface area contributed by atoms with Gasteiger partial charge in [0.25, 0.3) is 5.92 Å². The third kappa shape index (κ3) is 2.47. The molecule has 2 aliphatic heterocycles. The first-order valence-electron chi connectivity index (χ1n) is 6.52. The summed E-state index contributed by atoms with van der Waals surface area (Å²) < 4.78 is 26.3. The van der Waals surface area contributed by atoms with E-state index in [0.717, 1.165) is 12.0 Å². The van der Waals surface area contributed by atoms with Crippen LogP contribution in [0.5, 0.6) is 0 Å². The fraction of sp³-hybridized carbons (Fsp3) is 0.500. The number of amides is 1. The summed E-state index contributed by atoms with van der Waals surface area (Å²) in [5.74, 6) is -2.96. The van der Waals surface area contributed by atoms with Crippen molar-refractivity contribution in [3.05, 3.63) is 35.4 Å². The zero-order valence-electron chi connectivity index (χ0n) is 10.5. The molecule has 0 aliphatic carbocycles. The van der Waals surface area contributed by atoms with Gasteiger partial charge in [-0.3, -0.25) is 10.1 Å². The van der Waals surface area contributed by atoms with Gasteiger partial charge in [-0.25, -0.2) is 8.78 Å². The van der Waals surface area contributed by atoms with Crippen LogP contribution in [0.3, 0.4) is 0 Å². The quantitative estimate of drug-likeness (QED) is 0.837. The molecule has 0 aromatic heterocycles. The lowest BCUT2D eigenvalue weighted by molar-refractivity contribution is -0.134. The Morgan fingerprint density at radius 2 is 2.05 bits per heavy atom. The molecule has 1 atom stereocenters. The molecule has 0 spiro atoms. The third-order valence-electron chi connectivity index (χ3n) is 3.85. The number of carbonyl (C=O) groups excluding carboxylic acids is 1. The average Bonchev–Trinajstić information content (AvgIpc) is 2.78. The predicted octanol–water partition coefficient (Wildman–Crippen LogP) is 1.57. The van der Waals surface area contributed by atoms with Gasteiger partial charge in [0.1, 0.15) is 0 Å². The number of benzene rings is 1. The Kier molecular flexibility index (Phi) is 3.01. The molecular weight excluding hydrogens is 250 g/mol. The van der Waals surface area contributed by atoms with E-state index in [1.54, 1.807) is 4.90 Å². The van der Waals surface area contributed by atoms with Crippen LogP contribution in [0.4, 0.5) is 8.78 Å². The van der Waals surface area contributed by atoms with Crippen LogP contribution in [-0.4, -0.2) is 35.9 Å². The van der Waals surface area contributed by atoms with Crippen LogP contribution in [0.1, 0.15) is 17.5 Å². The summed E-state index contributed by atoms with van der Waals surface area (Å²) in [6.07, 6.45) is 0.412. The fourth-order valence-electron chi connectivity index (χ4n) is 2.79. The lowest BCUT2D eigenvalue weighted by atomic mass is 9.99. The number of nitrogens with one attached hydrogen (secondary N) is 1. The van der Waals surface area contributed by atoms with Crippen LogP contribution in [-0.2, 0) is 17.8 Å². The molecule has 1 N–H and O–H groups in total. The van der Waals surface area contributed by atoms with Gasteiger partial charge < -0.3 is 4.90 Å². The Labute approximate surface area is 110 Å². The molecule has 1 saturated heterocycles. The van der Waals surface area contributed by atoms with E-state index in [4.69, 9.17) is 0 Å². The summed E-state index contributed by atoms with van der Waals surface area (Å²) in [6, 6.07) is 7.23. The predicted molar refractivity (Wildman–Crippen MR) is 66.9 cm³/mol. The van der Waals surface area contributed by atoms with E-state index in [-0.39, 0.29) is 12.3 Å². The van der Waals surface area contributed by atoms with Crippen LogP contribution < -0.4 is 5.32 Å². The zero-order chi connectivity index (χ0) is 13.5. The summed E-state index contributed by atoms with van der Waals surface area (Å²) in [5, 5.41) is 2.63. The third-order valence-corrected chi connectivity index (χ3v) is 3.85. The van der Waals surface area contributed by atoms with E-state index >= 15 is 0 Å². The molecule has 1 unspecified atom stereocenters. The van der Waals surface area contributed by atoms with Crippen molar-refractivity contribution < 1.29 is 13.6 Å². The molecule has 1 amide bonds. The number of carbonyl (C=O) groups is 1. The van der Waals surface area contributed by atoms with Gasteiger partial charge in [-0.05, 0) is 17.5 Å². The number of hydrogen-bond donors (Lipinski definition) is 1. The van der Waals surface area contributed by atoms with E-state index < -0.39 is 18.5 Å².